The molecular formula is C18H25N3O2. The summed E-state index contributed by atoms with van der Waals surface area (Å²) < 4.78 is 11.4. The number of ether oxygens (including phenoxy) is 2. The van der Waals surface area contributed by atoms with E-state index < -0.39 is 0 Å². The van der Waals surface area contributed by atoms with Crippen LogP contribution in [0.2, 0.25) is 0 Å². The summed E-state index contributed by atoms with van der Waals surface area (Å²) in [4.78, 5) is 4.75. The van der Waals surface area contributed by atoms with Gasteiger partial charge >= 0.3 is 0 Å². The summed E-state index contributed by atoms with van der Waals surface area (Å²) in [5.41, 5.74) is 7.49. The Bertz CT molecular complexity index is 608. The Labute approximate surface area is 137 Å². The lowest BCUT2D eigenvalue weighted by atomic mass is 9.63. The van der Waals surface area contributed by atoms with Crippen molar-refractivity contribution in [1.29, 1.82) is 0 Å². The van der Waals surface area contributed by atoms with Crippen molar-refractivity contribution in [3.8, 4) is 11.5 Å². The summed E-state index contributed by atoms with van der Waals surface area (Å²) in [5, 5.41) is 3.21. The second-order valence-electron chi connectivity index (χ2n) is 6.98. The molecule has 3 aliphatic rings. The zero-order chi connectivity index (χ0) is 15.7. The van der Waals surface area contributed by atoms with Crippen molar-refractivity contribution in [3.63, 3.8) is 0 Å². The first kappa shape index (κ1) is 14.7. The molecule has 5 nitrogen and oxygen atoms in total. The van der Waals surface area contributed by atoms with Crippen LogP contribution in [0.25, 0.3) is 0 Å². The molecule has 0 bridgehead atoms. The third-order valence-electron chi connectivity index (χ3n) is 5.54. The summed E-state index contributed by atoms with van der Waals surface area (Å²) >= 11 is 0. The first-order valence-corrected chi connectivity index (χ1v) is 8.75. The average molecular weight is 315 g/mol. The van der Waals surface area contributed by atoms with Gasteiger partial charge < -0.3 is 20.5 Å². The number of hydrogen-bond acceptors (Lipinski definition) is 3. The van der Waals surface area contributed by atoms with Gasteiger partial charge in [-0.15, -0.1) is 0 Å². The lowest BCUT2D eigenvalue weighted by molar-refractivity contribution is 0.104. The maximum Gasteiger partial charge on any atom is 0.193 e. The fourth-order valence-electron chi connectivity index (χ4n) is 4.13. The number of benzene rings is 1. The molecule has 23 heavy (non-hydrogen) atoms. The first-order chi connectivity index (χ1) is 11.3. The Morgan fingerprint density at radius 1 is 1.09 bits per heavy atom. The summed E-state index contributed by atoms with van der Waals surface area (Å²) in [6, 6.07) is 6.23. The number of aliphatic imine (C=N–C) groups is 1. The molecule has 5 heteroatoms. The average Bonchev–Trinajstić information content (AvgIpc) is 2.95. The van der Waals surface area contributed by atoms with Crippen molar-refractivity contribution in [2.45, 2.75) is 51.0 Å². The van der Waals surface area contributed by atoms with E-state index in [4.69, 9.17) is 20.2 Å². The van der Waals surface area contributed by atoms with Crippen molar-refractivity contribution >= 4 is 11.6 Å². The lowest BCUT2D eigenvalue weighted by Gasteiger charge is -2.45. The first-order valence-electron chi connectivity index (χ1n) is 8.75. The molecule has 2 aliphatic carbocycles. The Morgan fingerprint density at radius 3 is 2.61 bits per heavy atom. The number of guanidine groups is 1. The van der Waals surface area contributed by atoms with Gasteiger partial charge in [0.05, 0.1) is 19.3 Å². The van der Waals surface area contributed by atoms with Crippen LogP contribution >= 0.6 is 0 Å². The van der Waals surface area contributed by atoms with Gasteiger partial charge in [0.25, 0.3) is 0 Å². The SMILES string of the molecule is NC(=NC1CCC12CCCC2)Nc1ccc2c(c1)OCCCO2. The maximum atomic E-state index is 6.14. The van der Waals surface area contributed by atoms with Gasteiger partial charge in [-0.25, -0.2) is 4.99 Å². The van der Waals surface area contributed by atoms with Crippen LogP contribution < -0.4 is 20.5 Å². The molecule has 1 aliphatic heterocycles. The predicted octanol–water partition coefficient (Wildman–Crippen LogP) is 3.30. The molecule has 1 aromatic rings. The zero-order valence-electron chi connectivity index (χ0n) is 13.5. The van der Waals surface area contributed by atoms with E-state index in [0.717, 1.165) is 23.6 Å². The molecule has 0 radical (unpaired) electrons. The van der Waals surface area contributed by atoms with Crippen LogP contribution in [0.3, 0.4) is 0 Å². The van der Waals surface area contributed by atoms with Gasteiger partial charge in [0, 0.05) is 18.2 Å². The van der Waals surface area contributed by atoms with Crippen LogP contribution in [-0.2, 0) is 0 Å². The molecule has 1 aromatic carbocycles. The molecular weight excluding hydrogens is 290 g/mol. The van der Waals surface area contributed by atoms with Crippen LogP contribution in [0.4, 0.5) is 5.69 Å². The normalized spacial score (nSPS) is 25.7. The molecule has 3 N–H and O–H groups in total. The summed E-state index contributed by atoms with van der Waals surface area (Å²) in [6.45, 7) is 1.39. The van der Waals surface area contributed by atoms with Gasteiger partial charge in [-0.2, -0.15) is 0 Å². The monoisotopic (exact) mass is 315 g/mol. The summed E-state index contributed by atoms with van der Waals surface area (Å²) in [5.74, 6) is 2.08. The molecule has 0 aromatic heterocycles. The Balaban J connectivity index is 1.45. The van der Waals surface area contributed by atoms with E-state index in [0.29, 0.717) is 30.6 Å². The van der Waals surface area contributed by atoms with E-state index in [2.05, 4.69) is 5.32 Å². The largest absolute Gasteiger partial charge is 0.490 e. The van der Waals surface area contributed by atoms with Crippen molar-refractivity contribution in [1.82, 2.24) is 0 Å². The number of nitrogens with two attached hydrogens (primary N) is 1. The Kier molecular flexibility index (Phi) is 3.79. The van der Waals surface area contributed by atoms with Gasteiger partial charge in [-0.3, -0.25) is 0 Å². The fraction of sp³-hybridized carbons (Fsp3) is 0.611. The zero-order valence-corrected chi connectivity index (χ0v) is 13.5. The lowest BCUT2D eigenvalue weighted by Crippen LogP contribution is -2.43. The highest BCUT2D eigenvalue weighted by molar-refractivity contribution is 5.92. The molecule has 2 fully saturated rings. The van der Waals surface area contributed by atoms with Crippen LogP contribution in [-0.4, -0.2) is 25.2 Å². The van der Waals surface area contributed by atoms with Gasteiger partial charge in [-0.1, -0.05) is 12.8 Å². The van der Waals surface area contributed by atoms with E-state index in [1.54, 1.807) is 0 Å². The highest BCUT2D eigenvalue weighted by Gasteiger charge is 2.48. The quantitative estimate of drug-likeness (QED) is 0.649. The predicted molar refractivity (Wildman–Crippen MR) is 91.2 cm³/mol. The highest BCUT2D eigenvalue weighted by atomic mass is 16.5. The van der Waals surface area contributed by atoms with Crippen molar-refractivity contribution in [3.05, 3.63) is 18.2 Å². The van der Waals surface area contributed by atoms with Crippen molar-refractivity contribution in [2.24, 2.45) is 16.1 Å². The number of nitrogens with one attached hydrogen (secondary N) is 1. The van der Waals surface area contributed by atoms with Gasteiger partial charge in [0.15, 0.2) is 17.5 Å². The molecule has 0 amide bonds. The molecule has 1 unspecified atom stereocenters. The van der Waals surface area contributed by atoms with Crippen molar-refractivity contribution in [2.75, 3.05) is 18.5 Å². The number of anilines is 1. The van der Waals surface area contributed by atoms with Gasteiger partial charge in [0.1, 0.15) is 0 Å². The smallest absolute Gasteiger partial charge is 0.193 e. The third-order valence-corrected chi connectivity index (χ3v) is 5.54. The van der Waals surface area contributed by atoms with Crippen molar-refractivity contribution < 1.29 is 9.47 Å². The second kappa shape index (κ2) is 5.95. The molecule has 1 atom stereocenters. The number of fused-ring (bicyclic) bond motifs is 1. The minimum atomic E-state index is 0.401. The van der Waals surface area contributed by atoms with E-state index in [1.165, 1.54) is 38.5 Å². The van der Waals surface area contributed by atoms with Crippen LogP contribution in [0, 0.1) is 5.41 Å². The van der Waals surface area contributed by atoms with Crippen LogP contribution in [0.1, 0.15) is 44.9 Å². The molecule has 2 saturated carbocycles. The van der Waals surface area contributed by atoms with Gasteiger partial charge in [0.2, 0.25) is 0 Å². The van der Waals surface area contributed by atoms with E-state index in [-0.39, 0.29) is 0 Å². The molecule has 124 valence electrons. The number of nitrogens with zero attached hydrogens (tertiary/aromatic N) is 1. The molecule has 4 rings (SSSR count). The van der Waals surface area contributed by atoms with E-state index in [1.807, 2.05) is 18.2 Å². The minimum absolute atomic E-state index is 0.401. The third kappa shape index (κ3) is 2.84. The number of rotatable bonds is 2. The Hall–Kier alpha value is -1.91. The topological polar surface area (TPSA) is 68.9 Å². The minimum Gasteiger partial charge on any atom is -0.490 e. The fourth-order valence-corrected chi connectivity index (χ4v) is 4.13. The molecule has 0 saturated heterocycles. The van der Waals surface area contributed by atoms with Crippen LogP contribution in [0.15, 0.2) is 23.2 Å². The maximum absolute atomic E-state index is 6.14. The summed E-state index contributed by atoms with van der Waals surface area (Å²) in [6.07, 6.45) is 8.73. The highest BCUT2D eigenvalue weighted by Crippen LogP contribution is 2.54. The van der Waals surface area contributed by atoms with E-state index >= 15 is 0 Å². The molecule has 1 spiro atoms. The Morgan fingerprint density at radius 2 is 1.87 bits per heavy atom. The molecule has 1 heterocycles. The second-order valence-corrected chi connectivity index (χ2v) is 6.98. The van der Waals surface area contributed by atoms with Gasteiger partial charge in [-0.05, 0) is 43.2 Å². The van der Waals surface area contributed by atoms with E-state index in [9.17, 15) is 0 Å². The standard InChI is InChI=1S/C18H25N3O2/c19-17(21-16-6-9-18(16)7-1-2-8-18)20-13-4-5-14-15(12-13)23-11-3-10-22-14/h4-5,12,16H,1-3,6-11H2,(H3,19,20,21). The number of hydrogen-bond donors (Lipinski definition) is 2. The summed E-state index contributed by atoms with van der Waals surface area (Å²) in [7, 11) is 0. The van der Waals surface area contributed by atoms with Crippen LogP contribution in [0.5, 0.6) is 11.5 Å².